The van der Waals surface area contributed by atoms with E-state index in [2.05, 4.69) is 11.0 Å². The van der Waals surface area contributed by atoms with Crippen LogP contribution in [-0.2, 0) is 16.6 Å². The molecule has 0 N–H and O–H groups in total. The molecular weight excluding hydrogens is 344 g/mol. The number of carbonyl (C=O) groups is 1. The Morgan fingerprint density at radius 3 is 2.55 bits per heavy atom. The van der Waals surface area contributed by atoms with E-state index in [1.54, 1.807) is 18.2 Å². The Morgan fingerprint density at radius 2 is 2.00 bits per heavy atom. The number of halogens is 1. The Balaban J connectivity index is 2.63. The molecule has 0 radical (unpaired) electrons. The van der Waals surface area contributed by atoms with Crippen LogP contribution in [0.2, 0.25) is 5.15 Å². The summed E-state index contributed by atoms with van der Waals surface area (Å²) in [5.74, 6) is 0. The first-order valence-corrected chi connectivity index (χ1v) is 8.85. The quantitative estimate of drug-likeness (QED) is 0.611. The normalized spacial score (nSPS) is 12.4. The highest BCUT2D eigenvalue weighted by atomic mass is 35.5. The van der Waals surface area contributed by atoms with E-state index in [-0.39, 0.29) is 26.3 Å². The summed E-state index contributed by atoms with van der Waals surface area (Å²) in [7, 11) is -3.88. The third-order valence-corrected chi connectivity index (χ3v) is 5.73. The Labute approximate surface area is 137 Å². The van der Waals surface area contributed by atoms with Gasteiger partial charge < -0.3 is 4.57 Å². The highest BCUT2D eigenvalue weighted by Crippen LogP contribution is 2.18. The van der Waals surface area contributed by atoms with Crippen molar-refractivity contribution in [2.75, 3.05) is 0 Å². The molecule has 22 heavy (non-hydrogen) atoms. The van der Waals surface area contributed by atoms with Crippen molar-refractivity contribution in [1.82, 2.24) is 4.57 Å². The second-order valence-electron chi connectivity index (χ2n) is 4.44. The number of carbonyl (C=O) groups excluding carboxylic acids is 1. The zero-order valence-corrected chi connectivity index (χ0v) is 14.1. The van der Waals surface area contributed by atoms with Crippen molar-refractivity contribution in [2.45, 2.75) is 18.4 Å². The zero-order valence-electron chi connectivity index (χ0n) is 11.7. The molecule has 2 aromatic rings. The van der Waals surface area contributed by atoms with Gasteiger partial charge in [0.15, 0.2) is 6.29 Å². The molecule has 0 atom stereocenters. The van der Waals surface area contributed by atoms with Gasteiger partial charge in [-0.15, -0.1) is 11.0 Å². The number of nitrogens with zero attached hydrogens (tertiary/aromatic N) is 2. The zero-order chi connectivity index (χ0) is 16.3. The molecule has 1 heterocycles. The maximum absolute atomic E-state index is 12.3. The number of hydrogen-bond acceptors (Lipinski definition) is 4. The molecular formula is C14H13ClN2O3S2. The summed E-state index contributed by atoms with van der Waals surface area (Å²) in [4.78, 5) is 11.4. The maximum Gasteiger partial charge on any atom is 0.285 e. The second-order valence-corrected chi connectivity index (χ2v) is 7.41. The topological polar surface area (TPSA) is 68.5 Å². The third-order valence-electron chi connectivity index (χ3n) is 2.81. The molecule has 0 fully saturated rings. The molecule has 0 unspecified atom stereocenters. The van der Waals surface area contributed by atoms with Gasteiger partial charge in [-0.3, -0.25) is 4.79 Å². The summed E-state index contributed by atoms with van der Waals surface area (Å²) in [5, 5.41) is 0.151. The van der Waals surface area contributed by atoms with E-state index in [4.69, 9.17) is 11.6 Å². The smallest absolute Gasteiger partial charge is 0.285 e. The van der Waals surface area contributed by atoms with Crippen LogP contribution in [0.15, 0.2) is 46.2 Å². The summed E-state index contributed by atoms with van der Waals surface area (Å²) < 4.78 is 29.9. The number of benzene rings is 1. The van der Waals surface area contributed by atoms with Crippen LogP contribution < -0.4 is 4.80 Å². The van der Waals surface area contributed by atoms with E-state index in [0.29, 0.717) is 6.29 Å². The monoisotopic (exact) mass is 356 g/mol. The lowest BCUT2D eigenvalue weighted by Crippen LogP contribution is -2.16. The lowest BCUT2D eigenvalue weighted by atomic mass is 10.2. The summed E-state index contributed by atoms with van der Waals surface area (Å²) in [6, 6.07) is 6.36. The van der Waals surface area contributed by atoms with Crippen LogP contribution in [0.5, 0.6) is 0 Å². The third kappa shape index (κ3) is 3.37. The van der Waals surface area contributed by atoms with E-state index in [1.165, 1.54) is 16.7 Å². The van der Waals surface area contributed by atoms with Gasteiger partial charge in [-0.25, -0.2) is 0 Å². The lowest BCUT2D eigenvalue weighted by molar-refractivity contribution is 0.112. The minimum Gasteiger partial charge on any atom is -0.302 e. The first kappa shape index (κ1) is 16.7. The molecule has 5 nitrogen and oxygen atoms in total. The number of aldehydes is 1. The van der Waals surface area contributed by atoms with Crippen molar-refractivity contribution in [3.05, 3.63) is 57.3 Å². The highest BCUT2D eigenvalue weighted by Gasteiger charge is 2.16. The minimum absolute atomic E-state index is 0.0837. The van der Waals surface area contributed by atoms with E-state index in [0.717, 1.165) is 16.9 Å². The summed E-state index contributed by atoms with van der Waals surface area (Å²) in [6.07, 6.45) is 2.12. The number of thiazole rings is 1. The standard InChI is InChI=1S/C14H13ClN2O3S2/c1-3-8-17-13(15)12(9-18)21-14(17)16-22(19,20)11-6-4-10(2)5-7-11/h3-7,9H,1,8H2,2H3. The van der Waals surface area contributed by atoms with Gasteiger partial charge in [-0.1, -0.05) is 46.7 Å². The minimum atomic E-state index is -3.88. The van der Waals surface area contributed by atoms with Gasteiger partial charge in [-0.2, -0.15) is 8.42 Å². The Bertz CT molecular complexity index is 878. The average Bonchev–Trinajstić information content (AvgIpc) is 2.76. The number of aromatic nitrogens is 1. The Kier molecular flexibility index (Phi) is 5.00. The summed E-state index contributed by atoms with van der Waals surface area (Å²) in [5.41, 5.74) is 0.947. The molecule has 1 aromatic carbocycles. The molecule has 8 heteroatoms. The number of rotatable bonds is 5. The van der Waals surface area contributed by atoms with Crippen LogP contribution in [0.1, 0.15) is 15.2 Å². The highest BCUT2D eigenvalue weighted by molar-refractivity contribution is 7.90. The molecule has 0 bridgehead atoms. The average molecular weight is 357 g/mol. The second kappa shape index (κ2) is 6.60. The van der Waals surface area contributed by atoms with Crippen LogP contribution in [0, 0.1) is 6.92 Å². The Morgan fingerprint density at radius 1 is 1.36 bits per heavy atom. The maximum atomic E-state index is 12.3. The lowest BCUT2D eigenvalue weighted by Gasteiger charge is -2.01. The Hall–Kier alpha value is -1.70. The number of hydrogen-bond donors (Lipinski definition) is 0. The number of aryl methyl sites for hydroxylation is 1. The molecule has 0 amide bonds. The number of allylic oxidation sites excluding steroid dienone is 1. The largest absolute Gasteiger partial charge is 0.302 e. The van der Waals surface area contributed by atoms with Gasteiger partial charge in [0, 0.05) is 6.54 Å². The van der Waals surface area contributed by atoms with E-state index in [9.17, 15) is 13.2 Å². The van der Waals surface area contributed by atoms with Gasteiger partial charge in [0.05, 0.1) is 4.90 Å². The molecule has 0 saturated heterocycles. The fraction of sp³-hybridized carbons (Fsp3) is 0.143. The fourth-order valence-electron chi connectivity index (χ4n) is 1.71. The molecule has 0 aliphatic heterocycles. The molecule has 0 saturated carbocycles. The molecule has 116 valence electrons. The molecule has 0 spiro atoms. The van der Waals surface area contributed by atoms with Crippen LogP contribution >= 0.6 is 22.9 Å². The van der Waals surface area contributed by atoms with Gasteiger partial charge >= 0.3 is 0 Å². The fourth-order valence-corrected chi connectivity index (χ4v) is 4.11. The summed E-state index contributed by atoms with van der Waals surface area (Å²) >= 11 is 6.96. The van der Waals surface area contributed by atoms with Crippen molar-refractivity contribution >= 4 is 39.2 Å². The van der Waals surface area contributed by atoms with Crippen molar-refractivity contribution in [3.63, 3.8) is 0 Å². The first-order chi connectivity index (χ1) is 10.4. The van der Waals surface area contributed by atoms with Crippen LogP contribution in [0.25, 0.3) is 0 Å². The predicted molar refractivity (Wildman–Crippen MR) is 86.8 cm³/mol. The van der Waals surface area contributed by atoms with Crippen molar-refractivity contribution in [1.29, 1.82) is 0 Å². The van der Waals surface area contributed by atoms with Crippen LogP contribution in [0.4, 0.5) is 0 Å². The van der Waals surface area contributed by atoms with Crippen LogP contribution in [0.3, 0.4) is 0 Å². The predicted octanol–water partition coefficient (Wildman–Crippen LogP) is 2.80. The van der Waals surface area contributed by atoms with Crippen molar-refractivity contribution in [3.8, 4) is 0 Å². The SMILES string of the molecule is C=CCn1c(Cl)c(C=O)sc1=NS(=O)(=O)c1ccc(C)cc1. The van der Waals surface area contributed by atoms with Gasteiger partial charge in [0.2, 0.25) is 4.80 Å². The van der Waals surface area contributed by atoms with Gasteiger partial charge in [-0.05, 0) is 19.1 Å². The van der Waals surface area contributed by atoms with Crippen molar-refractivity contribution in [2.24, 2.45) is 4.40 Å². The van der Waals surface area contributed by atoms with Gasteiger partial charge in [0.25, 0.3) is 10.0 Å². The van der Waals surface area contributed by atoms with E-state index in [1.807, 2.05) is 6.92 Å². The molecule has 2 rings (SSSR count). The van der Waals surface area contributed by atoms with Gasteiger partial charge in [0.1, 0.15) is 10.0 Å². The molecule has 0 aliphatic rings. The van der Waals surface area contributed by atoms with Crippen LogP contribution in [-0.4, -0.2) is 19.3 Å². The molecule has 0 aliphatic carbocycles. The van der Waals surface area contributed by atoms with Crippen molar-refractivity contribution < 1.29 is 13.2 Å². The first-order valence-electron chi connectivity index (χ1n) is 6.22. The summed E-state index contributed by atoms with van der Waals surface area (Å²) in [6.45, 7) is 5.70. The van der Waals surface area contributed by atoms with E-state index < -0.39 is 10.0 Å². The number of sulfonamides is 1. The van der Waals surface area contributed by atoms with E-state index >= 15 is 0 Å². The molecule has 1 aromatic heterocycles.